The molecule has 2 heterocycles. The van der Waals surface area contributed by atoms with Gasteiger partial charge < -0.3 is 10.1 Å². The summed E-state index contributed by atoms with van der Waals surface area (Å²) in [6.07, 6.45) is 4.07. The molecule has 2 rings (SSSR count). The Morgan fingerprint density at radius 1 is 1.33 bits per heavy atom. The smallest absolute Gasteiger partial charge is 0.157 e. The van der Waals surface area contributed by atoms with Crippen molar-refractivity contribution >= 4 is 0 Å². The van der Waals surface area contributed by atoms with E-state index >= 15 is 0 Å². The SMILES string of the molecule is CCCC(OC)c1nc(CC)c2c(n1)CCNC2. The van der Waals surface area contributed by atoms with E-state index in [1.165, 1.54) is 17.0 Å². The topological polar surface area (TPSA) is 47.0 Å². The van der Waals surface area contributed by atoms with Gasteiger partial charge in [0.2, 0.25) is 0 Å². The highest BCUT2D eigenvalue weighted by molar-refractivity contribution is 5.28. The molecule has 0 bridgehead atoms. The molecule has 100 valence electrons. The summed E-state index contributed by atoms with van der Waals surface area (Å²) >= 11 is 0. The number of ether oxygens (including phenoxy) is 1. The molecule has 0 amide bonds. The lowest BCUT2D eigenvalue weighted by Crippen LogP contribution is -2.27. The third-order valence-corrected chi connectivity index (χ3v) is 3.49. The van der Waals surface area contributed by atoms with Crippen molar-refractivity contribution in [3.8, 4) is 0 Å². The first-order valence-electron chi connectivity index (χ1n) is 6.92. The van der Waals surface area contributed by atoms with Crippen LogP contribution in [0.1, 0.15) is 55.6 Å². The molecule has 1 aliphatic rings. The molecular weight excluding hydrogens is 226 g/mol. The summed E-state index contributed by atoms with van der Waals surface area (Å²) in [4.78, 5) is 9.45. The van der Waals surface area contributed by atoms with Crippen LogP contribution in [0.5, 0.6) is 0 Å². The number of nitrogens with one attached hydrogen (secondary N) is 1. The third kappa shape index (κ3) is 2.70. The number of methoxy groups -OCH3 is 1. The molecule has 4 heteroatoms. The number of aryl methyl sites for hydroxylation is 1. The summed E-state index contributed by atoms with van der Waals surface area (Å²) in [6.45, 7) is 6.24. The predicted octanol–water partition coefficient (Wildman–Crippen LogP) is 2.17. The van der Waals surface area contributed by atoms with Gasteiger partial charge in [0.25, 0.3) is 0 Å². The molecule has 0 aliphatic carbocycles. The second-order valence-electron chi connectivity index (χ2n) is 4.75. The summed E-state index contributed by atoms with van der Waals surface area (Å²) in [5.74, 6) is 0.872. The fraction of sp³-hybridized carbons (Fsp3) is 0.714. The van der Waals surface area contributed by atoms with Gasteiger partial charge >= 0.3 is 0 Å². The van der Waals surface area contributed by atoms with Gasteiger partial charge in [-0.2, -0.15) is 0 Å². The average molecular weight is 249 g/mol. The van der Waals surface area contributed by atoms with Gasteiger partial charge in [0.15, 0.2) is 5.82 Å². The second kappa shape index (κ2) is 6.25. The van der Waals surface area contributed by atoms with Crippen LogP contribution in [0.3, 0.4) is 0 Å². The highest BCUT2D eigenvalue weighted by Gasteiger charge is 2.20. The zero-order valence-electron chi connectivity index (χ0n) is 11.6. The Morgan fingerprint density at radius 2 is 2.17 bits per heavy atom. The van der Waals surface area contributed by atoms with Crippen molar-refractivity contribution in [3.63, 3.8) is 0 Å². The van der Waals surface area contributed by atoms with E-state index in [1.54, 1.807) is 7.11 Å². The number of hydrogen-bond acceptors (Lipinski definition) is 4. The van der Waals surface area contributed by atoms with Crippen LogP contribution >= 0.6 is 0 Å². The normalized spacial score (nSPS) is 16.4. The Labute approximate surface area is 109 Å². The molecule has 0 aromatic carbocycles. The first kappa shape index (κ1) is 13.4. The van der Waals surface area contributed by atoms with Crippen LogP contribution in [0.2, 0.25) is 0 Å². The van der Waals surface area contributed by atoms with Gasteiger partial charge in [-0.25, -0.2) is 9.97 Å². The molecule has 18 heavy (non-hydrogen) atoms. The van der Waals surface area contributed by atoms with Crippen LogP contribution in [0, 0.1) is 0 Å². The van der Waals surface area contributed by atoms with E-state index < -0.39 is 0 Å². The van der Waals surface area contributed by atoms with Crippen LogP contribution in [0.25, 0.3) is 0 Å². The van der Waals surface area contributed by atoms with Crippen molar-refractivity contribution in [2.45, 2.75) is 52.2 Å². The lowest BCUT2D eigenvalue weighted by Gasteiger charge is -2.22. The van der Waals surface area contributed by atoms with E-state index in [-0.39, 0.29) is 6.10 Å². The Balaban J connectivity index is 2.36. The largest absolute Gasteiger partial charge is 0.373 e. The molecule has 0 spiro atoms. The first-order chi connectivity index (χ1) is 8.80. The minimum absolute atomic E-state index is 0.0421. The number of rotatable bonds is 5. The van der Waals surface area contributed by atoms with E-state index in [0.717, 1.165) is 44.6 Å². The molecule has 1 aromatic heterocycles. The van der Waals surface area contributed by atoms with Crippen molar-refractivity contribution in [1.29, 1.82) is 0 Å². The van der Waals surface area contributed by atoms with Gasteiger partial charge in [-0.1, -0.05) is 20.3 Å². The van der Waals surface area contributed by atoms with Crippen molar-refractivity contribution in [3.05, 3.63) is 22.8 Å². The monoisotopic (exact) mass is 249 g/mol. The Hall–Kier alpha value is -1.00. The van der Waals surface area contributed by atoms with Gasteiger partial charge in [0, 0.05) is 37.9 Å². The third-order valence-electron chi connectivity index (χ3n) is 3.49. The first-order valence-corrected chi connectivity index (χ1v) is 6.92. The fourth-order valence-corrected chi connectivity index (χ4v) is 2.49. The van der Waals surface area contributed by atoms with Crippen LogP contribution in [0.4, 0.5) is 0 Å². The van der Waals surface area contributed by atoms with Crippen LogP contribution in [-0.2, 0) is 24.1 Å². The van der Waals surface area contributed by atoms with Crippen molar-refractivity contribution in [2.24, 2.45) is 0 Å². The van der Waals surface area contributed by atoms with E-state index in [2.05, 4.69) is 19.2 Å². The van der Waals surface area contributed by atoms with Crippen LogP contribution in [0.15, 0.2) is 0 Å². The number of nitrogens with zero attached hydrogens (tertiary/aromatic N) is 2. The van der Waals surface area contributed by atoms with Crippen molar-refractivity contribution < 1.29 is 4.74 Å². The zero-order valence-corrected chi connectivity index (χ0v) is 11.6. The van der Waals surface area contributed by atoms with E-state index in [1.807, 2.05) is 0 Å². The summed E-state index contributed by atoms with van der Waals surface area (Å²) < 4.78 is 5.53. The van der Waals surface area contributed by atoms with E-state index in [4.69, 9.17) is 14.7 Å². The summed E-state index contributed by atoms with van der Waals surface area (Å²) in [5, 5.41) is 3.39. The minimum atomic E-state index is 0.0421. The Bertz CT molecular complexity index is 389. The number of hydrogen-bond donors (Lipinski definition) is 1. The molecule has 1 N–H and O–H groups in total. The molecule has 1 aliphatic heterocycles. The van der Waals surface area contributed by atoms with Gasteiger partial charge in [0.05, 0.1) is 5.69 Å². The van der Waals surface area contributed by atoms with Crippen molar-refractivity contribution in [1.82, 2.24) is 15.3 Å². The van der Waals surface area contributed by atoms with E-state index in [9.17, 15) is 0 Å². The molecule has 0 fully saturated rings. The van der Waals surface area contributed by atoms with Crippen molar-refractivity contribution in [2.75, 3.05) is 13.7 Å². The summed E-state index contributed by atoms with van der Waals surface area (Å²) in [7, 11) is 1.75. The number of aromatic nitrogens is 2. The maximum atomic E-state index is 5.53. The quantitative estimate of drug-likeness (QED) is 0.869. The molecule has 0 radical (unpaired) electrons. The average Bonchev–Trinajstić information content (AvgIpc) is 2.43. The second-order valence-corrected chi connectivity index (χ2v) is 4.75. The zero-order chi connectivity index (χ0) is 13.0. The Morgan fingerprint density at radius 3 is 2.83 bits per heavy atom. The number of fused-ring (bicyclic) bond motifs is 1. The molecule has 0 saturated carbocycles. The molecule has 4 nitrogen and oxygen atoms in total. The maximum absolute atomic E-state index is 5.53. The predicted molar refractivity (Wildman–Crippen MR) is 71.5 cm³/mol. The Kier molecular flexibility index (Phi) is 4.66. The van der Waals surface area contributed by atoms with Gasteiger partial charge in [-0.3, -0.25) is 0 Å². The van der Waals surface area contributed by atoms with Gasteiger partial charge in [-0.05, 0) is 12.8 Å². The molecule has 1 unspecified atom stereocenters. The lowest BCUT2D eigenvalue weighted by molar-refractivity contribution is 0.0871. The molecule has 0 saturated heterocycles. The standard InChI is InChI=1S/C14H23N3O/c1-4-6-13(18-3)14-16-11(5-2)10-9-15-8-7-12(10)17-14/h13,15H,4-9H2,1-3H3. The van der Waals surface area contributed by atoms with Crippen LogP contribution in [-0.4, -0.2) is 23.6 Å². The van der Waals surface area contributed by atoms with Gasteiger partial charge in [0.1, 0.15) is 6.10 Å². The highest BCUT2D eigenvalue weighted by atomic mass is 16.5. The summed E-state index contributed by atoms with van der Waals surface area (Å²) in [6, 6.07) is 0. The molecule has 1 aromatic rings. The lowest BCUT2D eigenvalue weighted by atomic mass is 10.0. The van der Waals surface area contributed by atoms with Gasteiger partial charge in [-0.15, -0.1) is 0 Å². The maximum Gasteiger partial charge on any atom is 0.157 e. The van der Waals surface area contributed by atoms with Crippen LogP contribution < -0.4 is 5.32 Å². The highest BCUT2D eigenvalue weighted by Crippen LogP contribution is 2.23. The molecule has 1 atom stereocenters. The molecular formula is C14H23N3O. The summed E-state index contributed by atoms with van der Waals surface area (Å²) in [5.41, 5.74) is 3.70. The fourth-order valence-electron chi connectivity index (χ4n) is 2.49. The van der Waals surface area contributed by atoms with E-state index in [0.29, 0.717) is 0 Å². The minimum Gasteiger partial charge on any atom is -0.373 e.